The monoisotopic (exact) mass is 234 g/mol. The van der Waals surface area contributed by atoms with E-state index >= 15 is 0 Å². The van der Waals surface area contributed by atoms with Crippen molar-refractivity contribution in [2.75, 3.05) is 6.54 Å². The fourth-order valence-electron chi connectivity index (χ4n) is 2.08. The van der Waals surface area contributed by atoms with E-state index in [1.165, 1.54) is 12.8 Å². The summed E-state index contributed by atoms with van der Waals surface area (Å²) in [6, 6.07) is 0. The van der Waals surface area contributed by atoms with Crippen molar-refractivity contribution in [3.8, 4) is 0 Å². The van der Waals surface area contributed by atoms with Crippen LogP contribution in [0.3, 0.4) is 0 Å². The van der Waals surface area contributed by atoms with Gasteiger partial charge in [0.15, 0.2) is 0 Å². The SMILES string of the molecule is CC(CNC(=O)c1n[nH]c(C2CC2)n1)C1CC1. The summed E-state index contributed by atoms with van der Waals surface area (Å²) in [6.45, 7) is 2.92. The largest absolute Gasteiger partial charge is 0.349 e. The zero-order valence-corrected chi connectivity index (χ0v) is 10.1. The van der Waals surface area contributed by atoms with Crippen LogP contribution in [0.4, 0.5) is 0 Å². The molecule has 17 heavy (non-hydrogen) atoms. The first kappa shape index (κ1) is 10.7. The number of hydrogen-bond acceptors (Lipinski definition) is 3. The number of H-pyrrole nitrogens is 1. The Morgan fingerprint density at radius 2 is 2.24 bits per heavy atom. The van der Waals surface area contributed by atoms with E-state index in [4.69, 9.17) is 0 Å². The minimum absolute atomic E-state index is 0.152. The van der Waals surface area contributed by atoms with Gasteiger partial charge in [0, 0.05) is 12.5 Å². The van der Waals surface area contributed by atoms with Crippen molar-refractivity contribution in [2.45, 2.75) is 38.5 Å². The molecule has 5 heteroatoms. The number of carbonyl (C=O) groups is 1. The number of rotatable bonds is 5. The maximum absolute atomic E-state index is 11.8. The smallest absolute Gasteiger partial charge is 0.290 e. The number of aromatic nitrogens is 3. The molecule has 0 spiro atoms. The van der Waals surface area contributed by atoms with Crippen LogP contribution in [0, 0.1) is 11.8 Å². The second kappa shape index (κ2) is 4.13. The molecule has 2 aliphatic carbocycles. The summed E-state index contributed by atoms with van der Waals surface area (Å²) in [5, 5.41) is 9.73. The van der Waals surface area contributed by atoms with E-state index in [2.05, 4.69) is 27.4 Å². The molecule has 3 rings (SSSR count). The van der Waals surface area contributed by atoms with Gasteiger partial charge in [0.25, 0.3) is 5.91 Å². The minimum atomic E-state index is -0.152. The summed E-state index contributed by atoms with van der Waals surface area (Å²) in [5.41, 5.74) is 0. The van der Waals surface area contributed by atoms with Gasteiger partial charge in [0.1, 0.15) is 5.82 Å². The Hall–Kier alpha value is -1.39. The van der Waals surface area contributed by atoms with E-state index in [1.807, 2.05) is 0 Å². The lowest BCUT2D eigenvalue weighted by molar-refractivity contribution is 0.0936. The van der Waals surface area contributed by atoms with Gasteiger partial charge in [-0.2, -0.15) is 0 Å². The predicted molar refractivity (Wildman–Crippen MR) is 62.6 cm³/mol. The second-order valence-corrected chi connectivity index (χ2v) is 5.34. The molecule has 5 nitrogen and oxygen atoms in total. The number of nitrogens with one attached hydrogen (secondary N) is 2. The molecule has 2 saturated carbocycles. The molecule has 1 unspecified atom stereocenters. The number of aromatic amines is 1. The summed E-state index contributed by atoms with van der Waals surface area (Å²) in [6.07, 6.45) is 4.94. The number of amides is 1. The van der Waals surface area contributed by atoms with Crippen molar-refractivity contribution < 1.29 is 4.79 Å². The van der Waals surface area contributed by atoms with Gasteiger partial charge in [-0.25, -0.2) is 4.98 Å². The van der Waals surface area contributed by atoms with Crippen LogP contribution in [0.15, 0.2) is 0 Å². The summed E-state index contributed by atoms with van der Waals surface area (Å²) in [7, 11) is 0. The van der Waals surface area contributed by atoms with Crippen LogP contribution in [0.25, 0.3) is 0 Å². The molecule has 0 aliphatic heterocycles. The van der Waals surface area contributed by atoms with Crippen LogP contribution in [0.5, 0.6) is 0 Å². The van der Waals surface area contributed by atoms with Crippen LogP contribution in [0.2, 0.25) is 0 Å². The molecule has 2 N–H and O–H groups in total. The van der Waals surface area contributed by atoms with E-state index < -0.39 is 0 Å². The normalized spacial score (nSPS) is 21.2. The van der Waals surface area contributed by atoms with Crippen molar-refractivity contribution in [1.29, 1.82) is 0 Å². The lowest BCUT2D eigenvalue weighted by Crippen LogP contribution is -2.29. The highest BCUT2D eigenvalue weighted by molar-refractivity contribution is 5.90. The quantitative estimate of drug-likeness (QED) is 0.810. The lowest BCUT2D eigenvalue weighted by Gasteiger charge is -2.09. The Balaban J connectivity index is 1.53. The third-order valence-electron chi connectivity index (χ3n) is 3.68. The van der Waals surface area contributed by atoms with Crippen LogP contribution >= 0.6 is 0 Å². The van der Waals surface area contributed by atoms with Crippen molar-refractivity contribution in [3.63, 3.8) is 0 Å². The molecule has 1 aromatic rings. The fraction of sp³-hybridized carbons (Fsp3) is 0.750. The summed E-state index contributed by atoms with van der Waals surface area (Å²) in [4.78, 5) is 16.0. The zero-order valence-electron chi connectivity index (χ0n) is 10.1. The predicted octanol–water partition coefficient (Wildman–Crippen LogP) is 1.46. The average molecular weight is 234 g/mol. The third kappa shape index (κ3) is 2.48. The van der Waals surface area contributed by atoms with Gasteiger partial charge in [-0.1, -0.05) is 6.92 Å². The Bertz CT molecular complexity index is 420. The van der Waals surface area contributed by atoms with Gasteiger partial charge >= 0.3 is 0 Å². The van der Waals surface area contributed by atoms with E-state index in [0.717, 1.165) is 31.1 Å². The first-order chi connectivity index (χ1) is 8.24. The van der Waals surface area contributed by atoms with Gasteiger partial charge in [0.2, 0.25) is 5.82 Å². The molecule has 0 radical (unpaired) electrons. The van der Waals surface area contributed by atoms with Crippen LogP contribution in [-0.2, 0) is 0 Å². The summed E-state index contributed by atoms with van der Waals surface area (Å²) in [5.74, 6) is 2.89. The van der Waals surface area contributed by atoms with E-state index in [-0.39, 0.29) is 11.7 Å². The summed E-state index contributed by atoms with van der Waals surface area (Å²) >= 11 is 0. The van der Waals surface area contributed by atoms with E-state index in [1.54, 1.807) is 0 Å². The van der Waals surface area contributed by atoms with Crippen molar-refractivity contribution in [1.82, 2.24) is 20.5 Å². The van der Waals surface area contributed by atoms with Crippen molar-refractivity contribution in [3.05, 3.63) is 11.6 Å². The molecule has 1 heterocycles. The van der Waals surface area contributed by atoms with E-state index in [9.17, 15) is 4.79 Å². The molecule has 1 aromatic heterocycles. The molecule has 0 bridgehead atoms. The van der Waals surface area contributed by atoms with Gasteiger partial charge in [-0.05, 0) is 37.5 Å². The van der Waals surface area contributed by atoms with Crippen molar-refractivity contribution in [2.24, 2.45) is 11.8 Å². The first-order valence-corrected chi connectivity index (χ1v) is 6.44. The maximum atomic E-state index is 11.8. The zero-order chi connectivity index (χ0) is 11.8. The molecule has 0 aromatic carbocycles. The third-order valence-corrected chi connectivity index (χ3v) is 3.68. The molecular weight excluding hydrogens is 216 g/mol. The maximum Gasteiger partial charge on any atom is 0.290 e. The standard InChI is InChI=1S/C12H18N4O/c1-7(8-2-3-8)6-13-12(17)11-14-10(15-16-11)9-4-5-9/h7-9H,2-6H2,1H3,(H,13,17)(H,14,15,16). The van der Waals surface area contributed by atoms with E-state index in [0.29, 0.717) is 11.8 Å². The Morgan fingerprint density at radius 1 is 1.47 bits per heavy atom. The molecule has 0 saturated heterocycles. The highest BCUT2D eigenvalue weighted by atomic mass is 16.2. The first-order valence-electron chi connectivity index (χ1n) is 6.44. The number of hydrogen-bond donors (Lipinski definition) is 2. The second-order valence-electron chi connectivity index (χ2n) is 5.34. The number of carbonyl (C=O) groups excluding carboxylic acids is 1. The van der Waals surface area contributed by atoms with Crippen LogP contribution in [-0.4, -0.2) is 27.6 Å². The Morgan fingerprint density at radius 3 is 2.88 bits per heavy atom. The lowest BCUT2D eigenvalue weighted by atomic mass is 10.1. The van der Waals surface area contributed by atoms with Crippen molar-refractivity contribution >= 4 is 5.91 Å². The Labute approximate surface area is 100 Å². The topological polar surface area (TPSA) is 70.7 Å². The van der Waals surface area contributed by atoms with Gasteiger partial charge in [-0.3, -0.25) is 9.89 Å². The van der Waals surface area contributed by atoms with Gasteiger partial charge in [0.05, 0.1) is 0 Å². The Kier molecular flexibility index (Phi) is 2.61. The minimum Gasteiger partial charge on any atom is -0.349 e. The van der Waals surface area contributed by atoms with Crippen LogP contribution in [0.1, 0.15) is 55.0 Å². The summed E-state index contributed by atoms with van der Waals surface area (Å²) < 4.78 is 0. The van der Waals surface area contributed by atoms with Crippen LogP contribution < -0.4 is 5.32 Å². The average Bonchev–Trinajstić information content (AvgIpc) is 3.23. The number of nitrogens with zero attached hydrogens (tertiary/aromatic N) is 2. The highest BCUT2D eigenvalue weighted by Crippen LogP contribution is 2.38. The fourth-order valence-corrected chi connectivity index (χ4v) is 2.08. The molecular formula is C12H18N4O. The highest BCUT2D eigenvalue weighted by Gasteiger charge is 2.29. The molecule has 92 valence electrons. The van der Waals surface area contributed by atoms with Gasteiger partial charge in [-0.15, -0.1) is 5.10 Å². The molecule has 2 fully saturated rings. The molecule has 2 aliphatic rings. The van der Waals surface area contributed by atoms with Gasteiger partial charge < -0.3 is 5.32 Å². The molecule has 1 amide bonds. The molecule has 1 atom stereocenters.